The van der Waals surface area contributed by atoms with Crippen LogP contribution in [-0.2, 0) is 6.42 Å². The first kappa shape index (κ1) is 19.1. The van der Waals surface area contributed by atoms with Gasteiger partial charge in [0.2, 0.25) is 0 Å². The highest BCUT2D eigenvalue weighted by Gasteiger charge is 2.23. The Morgan fingerprint density at radius 2 is 2.04 bits per heavy atom. The Labute approximate surface area is 160 Å². The molecular weight excluding hydrogens is 338 g/mol. The van der Waals surface area contributed by atoms with E-state index in [0.717, 1.165) is 38.8 Å². The number of piperidine rings is 1. The van der Waals surface area contributed by atoms with E-state index in [-0.39, 0.29) is 11.8 Å². The molecule has 0 saturated carbocycles. The lowest BCUT2D eigenvalue weighted by Crippen LogP contribution is -2.39. The number of carbonyl (C=O) groups is 2. The lowest BCUT2D eigenvalue weighted by molar-refractivity contribution is 0.0677. The van der Waals surface area contributed by atoms with Crippen LogP contribution in [-0.4, -0.2) is 41.3 Å². The van der Waals surface area contributed by atoms with E-state index in [1.54, 1.807) is 18.3 Å². The van der Waals surface area contributed by atoms with E-state index in [1.807, 2.05) is 23.1 Å². The van der Waals surface area contributed by atoms with E-state index in [2.05, 4.69) is 29.4 Å². The van der Waals surface area contributed by atoms with Gasteiger partial charge in [0, 0.05) is 31.4 Å². The van der Waals surface area contributed by atoms with Crippen molar-refractivity contribution in [2.75, 3.05) is 19.6 Å². The molecule has 1 fully saturated rings. The predicted molar refractivity (Wildman–Crippen MR) is 106 cm³/mol. The zero-order chi connectivity index (χ0) is 19.1. The number of nitrogens with zero attached hydrogens (tertiary/aromatic N) is 2. The van der Waals surface area contributed by atoms with Crippen LogP contribution in [0.4, 0.5) is 0 Å². The second-order valence-corrected chi connectivity index (χ2v) is 7.27. The summed E-state index contributed by atoms with van der Waals surface area (Å²) in [5.41, 5.74) is 2.10. The van der Waals surface area contributed by atoms with Gasteiger partial charge < -0.3 is 10.2 Å². The van der Waals surface area contributed by atoms with Gasteiger partial charge in [-0.05, 0) is 49.3 Å². The normalized spacial score (nSPS) is 16.8. The highest BCUT2D eigenvalue weighted by Crippen LogP contribution is 2.17. The Morgan fingerprint density at radius 3 is 2.81 bits per heavy atom. The number of aryl methyl sites for hydroxylation is 1. The standard InChI is InChI=1S/C22H27N3O2/c1-17-7-6-14-25(16-17)22(27)20-15-19(11-13-23-20)21(26)24-12-5-10-18-8-3-2-4-9-18/h2-4,8-9,11,13,15,17H,5-7,10,12,14,16H2,1H3,(H,24,26). The van der Waals surface area contributed by atoms with Crippen molar-refractivity contribution < 1.29 is 9.59 Å². The quantitative estimate of drug-likeness (QED) is 0.799. The summed E-state index contributed by atoms with van der Waals surface area (Å²) in [6, 6.07) is 13.5. The third kappa shape index (κ3) is 5.39. The molecule has 0 bridgehead atoms. The number of nitrogens with one attached hydrogen (secondary N) is 1. The van der Waals surface area contributed by atoms with Crippen LogP contribution in [0, 0.1) is 5.92 Å². The topological polar surface area (TPSA) is 62.3 Å². The maximum Gasteiger partial charge on any atom is 0.272 e. The first-order chi connectivity index (χ1) is 13.1. The number of hydrogen-bond acceptors (Lipinski definition) is 3. The molecule has 0 radical (unpaired) electrons. The van der Waals surface area contributed by atoms with Crippen molar-refractivity contribution in [2.24, 2.45) is 5.92 Å². The number of carbonyl (C=O) groups excluding carboxylic acids is 2. The zero-order valence-electron chi connectivity index (χ0n) is 15.9. The molecule has 1 aliphatic heterocycles. The number of aromatic nitrogens is 1. The first-order valence-electron chi connectivity index (χ1n) is 9.71. The molecule has 1 N–H and O–H groups in total. The SMILES string of the molecule is CC1CCCN(C(=O)c2cc(C(=O)NCCCc3ccccc3)ccn2)C1. The monoisotopic (exact) mass is 365 g/mol. The van der Waals surface area contributed by atoms with Crippen LogP contribution >= 0.6 is 0 Å². The zero-order valence-corrected chi connectivity index (χ0v) is 15.9. The summed E-state index contributed by atoms with van der Waals surface area (Å²) in [6.07, 6.45) is 5.52. The minimum Gasteiger partial charge on any atom is -0.352 e. The van der Waals surface area contributed by atoms with Crippen molar-refractivity contribution in [3.63, 3.8) is 0 Å². The molecule has 3 rings (SSSR count). The first-order valence-corrected chi connectivity index (χ1v) is 9.71. The van der Waals surface area contributed by atoms with Crippen molar-refractivity contribution in [1.82, 2.24) is 15.2 Å². The van der Waals surface area contributed by atoms with Crippen LogP contribution in [0.25, 0.3) is 0 Å². The molecule has 1 aromatic carbocycles. The van der Waals surface area contributed by atoms with Crippen molar-refractivity contribution >= 4 is 11.8 Å². The number of amides is 2. The fourth-order valence-corrected chi connectivity index (χ4v) is 3.47. The second-order valence-electron chi connectivity index (χ2n) is 7.27. The van der Waals surface area contributed by atoms with Crippen molar-refractivity contribution in [3.05, 3.63) is 65.5 Å². The summed E-state index contributed by atoms with van der Waals surface area (Å²) >= 11 is 0. The maximum absolute atomic E-state index is 12.7. The van der Waals surface area contributed by atoms with Crippen LogP contribution in [0.5, 0.6) is 0 Å². The summed E-state index contributed by atoms with van der Waals surface area (Å²) in [6.45, 7) is 4.28. The second kappa shape index (κ2) is 9.31. The Balaban J connectivity index is 1.53. The van der Waals surface area contributed by atoms with E-state index in [9.17, 15) is 9.59 Å². The minimum absolute atomic E-state index is 0.0831. The average molecular weight is 365 g/mol. The number of pyridine rings is 1. The van der Waals surface area contributed by atoms with Gasteiger partial charge in [-0.15, -0.1) is 0 Å². The molecule has 27 heavy (non-hydrogen) atoms. The van der Waals surface area contributed by atoms with E-state index in [4.69, 9.17) is 0 Å². The minimum atomic E-state index is -0.161. The van der Waals surface area contributed by atoms with E-state index >= 15 is 0 Å². The molecule has 142 valence electrons. The van der Waals surface area contributed by atoms with Gasteiger partial charge in [-0.25, -0.2) is 0 Å². The molecule has 2 amide bonds. The van der Waals surface area contributed by atoms with Gasteiger partial charge >= 0.3 is 0 Å². The van der Waals surface area contributed by atoms with Crippen molar-refractivity contribution in [2.45, 2.75) is 32.6 Å². The fraction of sp³-hybridized carbons (Fsp3) is 0.409. The maximum atomic E-state index is 12.7. The molecule has 1 saturated heterocycles. The molecule has 2 aromatic rings. The predicted octanol–water partition coefficient (Wildman–Crippen LogP) is 3.32. The Kier molecular flexibility index (Phi) is 6.58. The van der Waals surface area contributed by atoms with Gasteiger partial charge in [0.25, 0.3) is 11.8 Å². The smallest absolute Gasteiger partial charge is 0.272 e. The molecule has 1 unspecified atom stereocenters. The Morgan fingerprint density at radius 1 is 1.22 bits per heavy atom. The van der Waals surface area contributed by atoms with Crippen LogP contribution in [0.15, 0.2) is 48.7 Å². The largest absolute Gasteiger partial charge is 0.352 e. The summed E-state index contributed by atoms with van der Waals surface area (Å²) in [5, 5.41) is 2.93. The summed E-state index contributed by atoms with van der Waals surface area (Å²) < 4.78 is 0. The van der Waals surface area contributed by atoms with Gasteiger partial charge in [-0.3, -0.25) is 14.6 Å². The number of hydrogen-bond donors (Lipinski definition) is 1. The van der Waals surface area contributed by atoms with E-state index in [0.29, 0.717) is 23.7 Å². The molecule has 1 atom stereocenters. The highest BCUT2D eigenvalue weighted by molar-refractivity contribution is 5.98. The van der Waals surface area contributed by atoms with Crippen LogP contribution in [0.1, 0.15) is 52.6 Å². The highest BCUT2D eigenvalue weighted by atomic mass is 16.2. The average Bonchev–Trinajstić information content (AvgIpc) is 2.71. The summed E-state index contributed by atoms with van der Waals surface area (Å²) in [4.78, 5) is 31.1. The fourth-order valence-electron chi connectivity index (χ4n) is 3.47. The van der Waals surface area contributed by atoms with Gasteiger partial charge in [0.1, 0.15) is 5.69 Å². The summed E-state index contributed by atoms with van der Waals surface area (Å²) in [5.74, 6) is 0.269. The van der Waals surface area contributed by atoms with Crippen molar-refractivity contribution in [1.29, 1.82) is 0 Å². The van der Waals surface area contributed by atoms with Crippen molar-refractivity contribution in [3.8, 4) is 0 Å². The molecule has 5 nitrogen and oxygen atoms in total. The number of rotatable bonds is 6. The van der Waals surface area contributed by atoms with Gasteiger partial charge in [0.05, 0.1) is 0 Å². The molecule has 2 heterocycles. The molecule has 5 heteroatoms. The van der Waals surface area contributed by atoms with Gasteiger partial charge in [-0.2, -0.15) is 0 Å². The van der Waals surface area contributed by atoms with Crippen LogP contribution in [0.3, 0.4) is 0 Å². The Hall–Kier alpha value is -2.69. The Bertz CT molecular complexity index is 776. The number of benzene rings is 1. The van der Waals surface area contributed by atoms with Crippen LogP contribution < -0.4 is 5.32 Å². The lowest BCUT2D eigenvalue weighted by Gasteiger charge is -2.30. The number of likely N-dealkylation sites (tertiary alicyclic amines) is 1. The molecule has 1 aromatic heterocycles. The van der Waals surface area contributed by atoms with E-state index < -0.39 is 0 Å². The molecule has 0 spiro atoms. The van der Waals surface area contributed by atoms with Crippen LogP contribution in [0.2, 0.25) is 0 Å². The molecule has 1 aliphatic rings. The van der Waals surface area contributed by atoms with Gasteiger partial charge in [0.15, 0.2) is 0 Å². The lowest BCUT2D eigenvalue weighted by atomic mass is 10.00. The van der Waals surface area contributed by atoms with E-state index in [1.165, 1.54) is 5.56 Å². The molecular formula is C22H27N3O2. The molecule has 0 aliphatic carbocycles. The third-order valence-corrected chi connectivity index (χ3v) is 4.96. The third-order valence-electron chi connectivity index (χ3n) is 4.96. The van der Waals surface area contributed by atoms with Gasteiger partial charge in [-0.1, -0.05) is 37.3 Å². The summed E-state index contributed by atoms with van der Waals surface area (Å²) in [7, 11) is 0.